The van der Waals surface area contributed by atoms with Crippen LogP contribution in [0.4, 0.5) is 0 Å². The first-order valence-corrected chi connectivity index (χ1v) is 9.21. The van der Waals surface area contributed by atoms with E-state index in [1.165, 1.54) is 0 Å². The molecule has 6 nitrogen and oxygen atoms in total. The number of H-pyrrole nitrogens is 1. The summed E-state index contributed by atoms with van der Waals surface area (Å²) in [7, 11) is 1.55. The summed E-state index contributed by atoms with van der Waals surface area (Å²) in [5.41, 5.74) is 1.97. The van der Waals surface area contributed by atoms with E-state index in [0.717, 1.165) is 21.5 Å². The Balaban J connectivity index is 1.67. The maximum absolute atomic E-state index is 12.7. The van der Waals surface area contributed by atoms with Crippen molar-refractivity contribution in [3.05, 3.63) is 69.9 Å². The van der Waals surface area contributed by atoms with Crippen LogP contribution in [0, 0.1) is 0 Å². The number of carbonyl (C=O) groups is 1. The zero-order valence-corrected chi connectivity index (χ0v) is 15.4. The smallest absolute Gasteiger partial charge is 0.255 e. The van der Waals surface area contributed by atoms with E-state index in [1.54, 1.807) is 36.8 Å². The topological polar surface area (TPSA) is 80.1 Å². The number of aromatic amines is 1. The molecule has 3 aromatic heterocycles. The molecule has 0 spiro atoms. The standard InChI is InChI=1S/C20H17N3O3S/c1-25-19-15(20(24)21-12-13-4-2-10-26-13)7-9-17-18(19)16(22-23-17)8-6-14-5-3-11-27-14/h2-11H,12H2,1H3,(H,21,24)(H,22,23)/b8-6+. The number of ether oxygens (including phenoxy) is 1. The highest BCUT2D eigenvalue weighted by molar-refractivity contribution is 7.10. The number of nitrogens with zero attached hydrogens (tertiary/aromatic N) is 1. The van der Waals surface area contributed by atoms with Crippen LogP contribution in [0.2, 0.25) is 0 Å². The van der Waals surface area contributed by atoms with E-state index in [-0.39, 0.29) is 5.91 Å². The second kappa shape index (κ2) is 7.51. The lowest BCUT2D eigenvalue weighted by molar-refractivity contribution is 0.0945. The number of aromatic nitrogens is 2. The van der Waals surface area contributed by atoms with Crippen molar-refractivity contribution in [2.45, 2.75) is 6.54 Å². The summed E-state index contributed by atoms with van der Waals surface area (Å²) in [6.45, 7) is 0.309. The predicted molar refractivity (Wildman–Crippen MR) is 106 cm³/mol. The van der Waals surface area contributed by atoms with Crippen LogP contribution in [-0.2, 0) is 6.54 Å². The maximum Gasteiger partial charge on any atom is 0.255 e. The molecule has 0 fully saturated rings. The predicted octanol–water partition coefficient (Wildman–Crippen LogP) is 4.33. The normalized spacial score (nSPS) is 11.3. The van der Waals surface area contributed by atoms with E-state index in [4.69, 9.17) is 9.15 Å². The van der Waals surface area contributed by atoms with Crippen LogP contribution in [0.25, 0.3) is 23.1 Å². The Hall–Kier alpha value is -3.32. The number of benzene rings is 1. The number of methoxy groups -OCH3 is 1. The largest absolute Gasteiger partial charge is 0.495 e. The fraction of sp³-hybridized carbons (Fsp3) is 0.100. The lowest BCUT2D eigenvalue weighted by Crippen LogP contribution is -2.23. The lowest BCUT2D eigenvalue weighted by atomic mass is 10.1. The summed E-state index contributed by atoms with van der Waals surface area (Å²) in [6.07, 6.45) is 5.48. The van der Waals surface area contributed by atoms with Gasteiger partial charge in [0.15, 0.2) is 0 Å². The minimum atomic E-state index is -0.237. The number of amides is 1. The van der Waals surface area contributed by atoms with Gasteiger partial charge in [-0.1, -0.05) is 6.07 Å². The van der Waals surface area contributed by atoms with Crippen molar-refractivity contribution in [2.24, 2.45) is 0 Å². The van der Waals surface area contributed by atoms with E-state index in [1.807, 2.05) is 41.8 Å². The van der Waals surface area contributed by atoms with Crippen molar-refractivity contribution in [3.8, 4) is 5.75 Å². The van der Waals surface area contributed by atoms with E-state index >= 15 is 0 Å². The molecular weight excluding hydrogens is 362 g/mol. The average molecular weight is 379 g/mol. The molecule has 3 heterocycles. The Morgan fingerprint density at radius 3 is 2.96 bits per heavy atom. The number of nitrogens with one attached hydrogen (secondary N) is 2. The van der Waals surface area contributed by atoms with Crippen molar-refractivity contribution in [1.82, 2.24) is 15.5 Å². The zero-order chi connectivity index (χ0) is 18.6. The van der Waals surface area contributed by atoms with Gasteiger partial charge in [-0.25, -0.2) is 0 Å². The third-order valence-electron chi connectivity index (χ3n) is 4.11. The van der Waals surface area contributed by atoms with Crippen LogP contribution in [0.1, 0.15) is 26.7 Å². The molecule has 7 heteroatoms. The van der Waals surface area contributed by atoms with Crippen molar-refractivity contribution in [2.75, 3.05) is 7.11 Å². The van der Waals surface area contributed by atoms with Crippen LogP contribution in [0.15, 0.2) is 52.5 Å². The summed E-state index contributed by atoms with van der Waals surface area (Å²) >= 11 is 1.64. The van der Waals surface area contributed by atoms with Crippen LogP contribution in [-0.4, -0.2) is 23.2 Å². The summed E-state index contributed by atoms with van der Waals surface area (Å²) < 4.78 is 10.8. The lowest BCUT2D eigenvalue weighted by Gasteiger charge is -2.10. The van der Waals surface area contributed by atoms with Gasteiger partial charge in [0, 0.05) is 4.88 Å². The monoisotopic (exact) mass is 379 g/mol. The highest BCUT2D eigenvalue weighted by Crippen LogP contribution is 2.32. The Bertz CT molecular complexity index is 1080. The van der Waals surface area contributed by atoms with Gasteiger partial charge in [0.1, 0.15) is 11.5 Å². The van der Waals surface area contributed by atoms with Gasteiger partial charge in [-0.05, 0) is 47.9 Å². The van der Waals surface area contributed by atoms with Crippen molar-refractivity contribution < 1.29 is 13.9 Å². The number of hydrogen-bond donors (Lipinski definition) is 2. The molecule has 0 saturated carbocycles. The highest BCUT2D eigenvalue weighted by atomic mass is 32.1. The quantitative estimate of drug-likeness (QED) is 0.523. The number of carbonyl (C=O) groups excluding carboxylic acids is 1. The molecule has 0 atom stereocenters. The summed E-state index contributed by atoms with van der Waals surface area (Å²) in [5.74, 6) is 0.940. The Morgan fingerprint density at radius 1 is 1.30 bits per heavy atom. The maximum atomic E-state index is 12.7. The SMILES string of the molecule is COc1c(C(=O)NCc2ccco2)ccc2[nH]nc(/C=C/c3cccs3)c12. The minimum Gasteiger partial charge on any atom is -0.495 e. The van der Waals surface area contributed by atoms with Gasteiger partial charge < -0.3 is 14.5 Å². The molecule has 136 valence electrons. The van der Waals surface area contributed by atoms with Crippen LogP contribution in [0.3, 0.4) is 0 Å². The molecule has 0 aliphatic rings. The number of thiophene rings is 1. The average Bonchev–Trinajstić information content (AvgIpc) is 3.45. The van der Waals surface area contributed by atoms with Crippen molar-refractivity contribution >= 4 is 40.3 Å². The first kappa shape index (κ1) is 17.1. The van der Waals surface area contributed by atoms with Gasteiger partial charge >= 0.3 is 0 Å². The molecule has 4 aromatic rings. The Kier molecular flexibility index (Phi) is 4.76. The summed E-state index contributed by atoms with van der Waals surface area (Å²) in [6, 6.07) is 11.2. The summed E-state index contributed by atoms with van der Waals surface area (Å²) in [4.78, 5) is 13.8. The molecule has 0 bridgehead atoms. The van der Waals surface area contributed by atoms with Gasteiger partial charge in [-0.3, -0.25) is 9.89 Å². The molecular formula is C20H17N3O3S. The Labute approximate surface area is 159 Å². The first-order valence-electron chi connectivity index (χ1n) is 8.33. The molecule has 0 aliphatic heterocycles. The van der Waals surface area contributed by atoms with Crippen LogP contribution < -0.4 is 10.1 Å². The number of fused-ring (bicyclic) bond motifs is 1. The van der Waals surface area contributed by atoms with Gasteiger partial charge in [0.25, 0.3) is 5.91 Å². The van der Waals surface area contributed by atoms with Gasteiger partial charge in [0.2, 0.25) is 0 Å². The van der Waals surface area contributed by atoms with Crippen LogP contribution in [0.5, 0.6) is 5.75 Å². The zero-order valence-electron chi connectivity index (χ0n) is 14.6. The molecule has 0 aliphatic carbocycles. The second-order valence-electron chi connectivity index (χ2n) is 5.79. The Morgan fingerprint density at radius 2 is 2.22 bits per heavy atom. The van der Waals surface area contributed by atoms with E-state index in [0.29, 0.717) is 23.6 Å². The van der Waals surface area contributed by atoms with Gasteiger partial charge in [-0.15, -0.1) is 11.3 Å². The molecule has 4 rings (SSSR count). The number of furan rings is 1. The molecule has 27 heavy (non-hydrogen) atoms. The highest BCUT2D eigenvalue weighted by Gasteiger charge is 2.19. The minimum absolute atomic E-state index is 0.237. The van der Waals surface area contributed by atoms with Gasteiger partial charge in [0.05, 0.1) is 42.1 Å². The van der Waals surface area contributed by atoms with E-state index < -0.39 is 0 Å². The fourth-order valence-electron chi connectivity index (χ4n) is 2.84. The van der Waals surface area contributed by atoms with Gasteiger partial charge in [-0.2, -0.15) is 5.10 Å². The third kappa shape index (κ3) is 3.50. The molecule has 0 radical (unpaired) electrons. The summed E-state index contributed by atoms with van der Waals surface area (Å²) in [5, 5.41) is 13.0. The molecule has 2 N–H and O–H groups in total. The van der Waals surface area contributed by atoms with Crippen molar-refractivity contribution in [3.63, 3.8) is 0 Å². The van der Waals surface area contributed by atoms with Crippen molar-refractivity contribution in [1.29, 1.82) is 0 Å². The number of rotatable bonds is 6. The van der Waals surface area contributed by atoms with E-state index in [2.05, 4.69) is 15.5 Å². The number of hydrogen-bond acceptors (Lipinski definition) is 5. The second-order valence-corrected chi connectivity index (χ2v) is 6.77. The molecule has 1 amide bonds. The molecule has 0 saturated heterocycles. The molecule has 1 aromatic carbocycles. The molecule has 0 unspecified atom stereocenters. The third-order valence-corrected chi connectivity index (χ3v) is 4.95. The fourth-order valence-corrected chi connectivity index (χ4v) is 3.46. The first-order chi connectivity index (χ1) is 13.3. The van der Waals surface area contributed by atoms with E-state index in [9.17, 15) is 4.79 Å². The van der Waals surface area contributed by atoms with Crippen LogP contribution >= 0.6 is 11.3 Å².